The van der Waals surface area contributed by atoms with Gasteiger partial charge in [0, 0.05) is 48.2 Å². The fourth-order valence-electron chi connectivity index (χ4n) is 7.02. The van der Waals surface area contributed by atoms with Gasteiger partial charge in [0.25, 0.3) is 0 Å². The first-order valence-corrected chi connectivity index (χ1v) is 13.6. The number of benzene rings is 3. The fourth-order valence-corrected chi connectivity index (χ4v) is 7.02. The molecule has 3 aromatic carbocycles. The molecule has 4 atom stereocenters. The molecule has 0 bridgehead atoms. The molecule has 40 heavy (non-hydrogen) atoms. The van der Waals surface area contributed by atoms with E-state index in [0.717, 1.165) is 28.4 Å². The van der Waals surface area contributed by atoms with Crippen molar-refractivity contribution in [3.8, 4) is 0 Å². The second-order valence-electron chi connectivity index (χ2n) is 11.2. The lowest BCUT2D eigenvalue weighted by molar-refractivity contribution is -0.142. The number of para-hydroxylation sites is 1. The topological polar surface area (TPSA) is 66.5 Å². The molecule has 1 spiro atoms. The highest BCUT2D eigenvalue weighted by atomic mass is 19.2. The van der Waals surface area contributed by atoms with Gasteiger partial charge in [-0.2, -0.15) is 0 Å². The summed E-state index contributed by atoms with van der Waals surface area (Å²) in [5, 5.41) is 2.98. The van der Waals surface area contributed by atoms with Gasteiger partial charge in [0.2, 0.25) is 11.8 Å². The summed E-state index contributed by atoms with van der Waals surface area (Å²) in [5.74, 6) is -5.23. The van der Waals surface area contributed by atoms with Gasteiger partial charge in [-0.15, -0.1) is 0 Å². The van der Waals surface area contributed by atoms with Crippen LogP contribution in [-0.2, 0) is 27.8 Å². The number of hydrogen-bond donors (Lipinski definition) is 1. The van der Waals surface area contributed by atoms with E-state index in [2.05, 4.69) is 5.32 Å². The third-order valence-corrected chi connectivity index (χ3v) is 9.08. The second-order valence-corrected chi connectivity index (χ2v) is 11.2. The quantitative estimate of drug-likeness (QED) is 0.330. The van der Waals surface area contributed by atoms with Crippen LogP contribution in [0.2, 0.25) is 0 Å². The third-order valence-electron chi connectivity index (χ3n) is 9.08. The Balaban J connectivity index is 1.25. The summed E-state index contributed by atoms with van der Waals surface area (Å²) in [6, 6.07) is 14.1. The van der Waals surface area contributed by atoms with Crippen LogP contribution >= 0.6 is 0 Å². The van der Waals surface area contributed by atoms with E-state index in [1.807, 2.05) is 36.4 Å². The highest BCUT2D eigenvalue weighted by Gasteiger charge is 2.50. The van der Waals surface area contributed by atoms with Crippen molar-refractivity contribution in [3.05, 3.63) is 99.9 Å². The molecule has 3 aromatic rings. The molecule has 0 radical (unpaired) electrons. The van der Waals surface area contributed by atoms with Crippen LogP contribution in [0.1, 0.15) is 65.2 Å². The van der Waals surface area contributed by atoms with Crippen LogP contribution in [0.3, 0.4) is 0 Å². The lowest BCUT2D eigenvalue weighted by atomic mass is 9.76. The number of amides is 2. The Bertz CT molecular complexity index is 1570. The Hall–Kier alpha value is -3.94. The van der Waals surface area contributed by atoms with E-state index in [4.69, 9.17) is 0 Å². The molecule has 206 valence electrons. The van der Waals surface area contributed by atoms with Crippen LogP contribution in [0.15, 0.2) is 54.6 Å². The number of carbonyl (C=O) groups excluding carboxylic acids is 3. The summed E-state index contributed by atoms with van der Waals surface area (Å²) >= 11 is 0. The van der Waals surface area contributed by atoms with E-state index in [1.54, 1.807) is 24.8 Å². The first-order chi connectivity index (χ1) is 19.1. The van der Waals surface area contributed by atoms with Crippen LogP contribution in [0, 0.1) is 23.4 Å². The monoisotopic (exact) mass is 546 g/mol. The average molecular weight is 547 g/mol. The van der Waals surface area contributed by atoms with Crippen molar-refractivity contribution in [1.29, 1.82) is 0 Å². The van der Waals surface area contributed by atoms with Crippen molar-refractivity contribution in [2.75, 3.05) is 11.9 Å². The molecule has 0 unspecified atom stereocenters. The van der Waals surface area contributed by atoms with Crippen molar-refractivity contribution in [1.82, 2.24) is 4.90 Å². The van der Waals surface area contributed by atoms with Gasteiger partial charge >= 0.3 is 0 Å². The molecule has 1 N–H and O–H groups in total. The number of carbonyl (C=O) groups is 3. The number of anilines is 1. The number of likely N-dealkylation sites (tertiary alicyclic amines) is 1. The number of nitrogens with zero attached hydrogens (tertiary/aromatic N) is 1. The van der Waals surface area contributed by atoms with E-state index in [9.17, 15) is 27.6 Å². The summed E-state index contributed by atoms with van der Waals surface area (Å²) in [6.07, 6.45) is 1.02. The van der Waals surface area contributed by atoms with Crippen LogP contribution < -0.4 is 5.32 Å². The SMILES string of the molecule is CCN1C(=O)[C@@H](CC(=O)c2ccc3c(c2)C[C@@]2(C3)C(=O)Nc3ccccc32)C[C@@H](c2cc(F)cc(F)c2F)[C@H]1C. The fraction of sp³-hybridized carbons (Fsp3) is 0.344. The van der Waals surface area contributed by atoms with Crippen LogP contribution in [-0.4, -0.2) is 35.1 Å². The zero-order valence-corrected chi connectivity index (χ0v) is 22.3. The number of Topliss-reactive ketones (excluding diaryl/α,β-unsaturated/α-hetero) is 1. The lowest BCUT2D eigenvalue weighted by Crippen LogP contribution is -2.50. The number of ketones is 1. The minimum atomic E-state index is -1.27. The van der Waals surface area contributed by atoms with Gasteiger partial charge in [-0.1, -0.05) is 30.3 Å². The molecule has 2 aliphatic heterocycles. The molecule has 2 amide bonds. The molecule has 1 aliphatic carbocycles. The van der Waals surface area contributed by atoms with Gasteiger partial charge in [-0.05, 0) is 73.6 Å². The van der Waals surface area contributed by atoms with E-state index >= 15 is 0 Å². The number of likely N-dealkylation sites (N-methyl/N-ethyl adjacent to an activating group) is 1. The van der Waals surface area contributed by atoms with Crippen LogP contribution in [0.4, 0.5) is 18.9 Å². The van der Waals surface area contributed by atoms with E-state index in [0.29, 0.717) is 31.0 Å². The summed E-state index contributed by atoms with van der Waals surface area (Å²) in [5.41, 5.74) is 3.32. The maximum Gasteiger partial charge on any atom is 0.235 e. The Labute approximate surface area is 230 Å². The molecule has 5 nitrogen and oxygen atoms in total. The molecule has 1 fully saturated rings. The first kappa shape index (κ1) is 26.3. The molecule has 0 aromatic heterocycles. The van der Waals surface area contributed by atoms with Crippen LogP contribution in [0.25, 0.3) is 0 Å². The number of rotatable bonds is 5. The number of piperidine rings is 1. The van der Waals surface area contributed by atoms with Gasteiger partial charge in [0.15, 0.2) is 17.4 Å². The predicted octanol–water partition coefficient (Wildman–Crippen LogP) is 5.71. The van der Waals surface area contributed by atoms with Crippen molar-refractivity contribution in [2.24, 2.45) is 5.92 Å². The van der Waals surface area contributed by atoms with Crippen LogP contribution in [0.5, 0.6) is 0 Å². The lowest BCUT2D eigenvalue weighted by Gasteiger charge is -2.42. The Morgan fingerprint density at radius 3 is 2.55 bits per heavy atom. The van der Waals surface area contributed by atoms with Gasteiger partial charge in [-0.25, -0.2) is 13.2 Å². The summed E-state index contributed by atoms with van der Waals surface area (Å²) in [7, 11) is 0. The summed E-state index contributed by atoms with van der Waals surface area (Å²) < 4.78 is 42.8. The van der Waals surface area contributed by atoms with E-state index in [1.165, 1.54) is 0 Å². The number of nitrogens with one attached hydrogen (secondary N) is 1. The Kier molecular flexibility index (Phi) is 6.32. The third kappa shape index (κ3) is 4.03. The van der Waals surface area contributed by atoms with Gasteiger partial charge in [0.1, 0.15) is 5.82 Å². The van der Waals surface area contributed by atoms with E-state index < -0.39 is 40.7 Å². The minimum Gasteiger partial charge on any atom is -0.339 e. The maximum atomic E-state index is 14.8. The summed E-state index contributed by atoms with van der Waals surface area (Å²) in [6.45, 7) is 3.84. The zero-order chi connectivity index (χ0) is 28.3. The van der Waals surface area contributed by atoms with Crippen molar-refractivity contribution in [3.63, 3.8) is 0 Å². The minimum absolute atomic E-state index is 0.0496. The maximum absolute atomic E-state index is 14.8. The Morgan fingerprint density at radius 1 is 1.02 bits per heavy atom. The highest BCUT2D eigenvalue weighted by Crippen LogP contribution is 2.47. The molecule has 0 saturated carbocycles. The van der Waals surface area contributed by atoms with Gasteiger partial charge < -0.3 is 10.2 Å². The number of halogens is 3. The van der Waals surface area contributed by atoms with Crippen molar-refractivity contribution < 1.29 is 27.6 Å². The molecular formula is C32H29F3N2O3. The molecular weight excluding hydrogens is 517 g/mol. The number of fused-ring (bicyclic) bond motifs is 3. The average Bonchev–Trinajstić information content (AvgIpc) is 3.45. The zero-order valence-electron chi connectivity index (χ0n) is 22.3. The first-order valence-electron chi connectivity index (χ1n) is 13.6. The molecule has 1 saturated heterocycles. The molecule has 8 heteroatoms. The van der Waals surface area contributed by atoms with Gasteiger partial charge in [0.05, 0.1) is 5.41 Å². The van der Waals surface area contributed by atoms with Crippen molar-refractivity contribution in [2.45, 2.75) is 56.9 Å². The largest absolute Gasteiger partial charge is 0.339 e. The van der Waals surface area contributed by atoms with E-state index in [-0.39, 0.29) is 36.0 Å². The Morgan fingerprint density at radius 2 is 1.77 bits per heavy atom. The number of hydrogen-bond acceptors (Lipinski definition) is 3. The summed E-state index contributed by atoms with van der Waals surface area (Å²) in [4.78, 5) is 41.4. The standard InChI is InChI=1S/C32H29F3N2O3/c1-3-37-17(2)23(24-13-22(33)14-26(34)29(24)35)11-20(30(37)39)12-28(38)18-8-9-19-15-32(16-21(19)10-18)25-6-4-5-7-27(25)36-31(32)40/h4-10,13-14,17,20,23H,3,11-12,15-16H2,1-2H3,(H,36,40)/t17-,20-,23-,32-/m1/s1. The second kappa shape index (κ2) is 9.61. The normalized spacial score (nSPS) is 25.2. The smallest absolute Gasteiger partial charge is 0.235 e. The predicted molar refractivity (Wildman–Crippen MR) is 144 cm³/mol. The van der Waals surface area contributed by atoms with Crippen molar-refractivity contribution >= 4 is 23.3 Å². The molecule has 2 heterocycles. The molecule has 6 rings (SSSR count). The van der Waals surface area contributed by atoms with Gasteiger partial charge in [-0.3, -0.25) is 14.4 Å². The highest BCUT2D eigenvalue weighted by molar-refractivity contribution is 6.07. The molecule has 3 aliphatic rings.